The van der Waals surface area contributed by atoms with Crippen molar-refractivity contribution in [1.29, 1.82) is 0 Å². The van der Waals surface area contributed by atoms with Gasteiger partial charge in [-0.1, -0.05) is 50.1 Å². The Morgan fingerprint density at radius 1 is 1.05 bits per heavy atom. The van der Waals surface area contributed by atoms with E-state index in [0.717, 1.165) is 25.8 Å². The van der Waals surface area contributed by atoms with E-state index >= 15 is 0 Å². The highest BCUT2D eigenvalue weighted by Crippen LogP contribution is 2.37. The van der Waals surface area contributed by atoms with Crippen LogP contribution in [-0.2, 0) is 0 Å². The van der Waals surface area contributed by atoms with Crippen molar-refractivity contribution >= 4 is 0 Å². The van der Waals surface area contributed by atoms with Gasteiger partial charge in [-0.3, -0.25) is 4.90 Å². The van der Waals surface area contributed by atoms with E-state index in [1.807, 2.05) is 0 Å². The fourth-order valence-corrected chi connectivity index (χ4v) is 4.51. The van der Waals surface area contributed by atoms with E-state index in [4.69, 9.17) is 0 Å². The van der Waals surface area contributed by atoms with Crippen LogP contribution < -0.4 is 0 Å². The lowest BCUT2D eigenvalue weighted by Crippen LogP contribution is -2.50. The van der Waals surface area contributed by atoms with Gasteiger partial charge in [-0.15, -0.1) is 0 Å². The Kier molecular flexibility index (Phi) is 4.97. The molecule has 0 amide bonds. The SMILES string of the molecule is CCN(C1CCCC1)C1CC(c2ccccc2)CCC1O. The third-order valence-corrected chi connectivity index (χ3v) is 5.64. The largest absolute Gasteiger partial charge is 0.391 e. The molecule has 1 N–H and O–H groups in total. The first kappa shape index (κ1) is 15.1. The highest BCUT2D eigenvalue weighted by Gasteiger charge is 2.36. The fourth-order valence-electron chi connectivity index (χ4n) is 4.51. The molecule has 0 radical (unpaired) electrons. The van der Waals surface area contributed by atoms with E-state index < -0.39 is 0 Å². The van der Waals surface area contributed by atoms with Gasteiger partial charge >= 0.3 is 0 Å². The highest BCUT2D eigenvalue weighted by atomic mass is 16.3. The molecule has 0 aromatic heterocycles. The lowest BCUT2D eigenvalue weighted by molar-refractivity contribution is -0.00365. The molecule has 21 heavy (non-hydrogen) atoms. The van der Waals surface area contributed by atoms with Gasteiger partial charge in [0, 0.05) is 12.1 Å². The minimum atomic E-state index is -0.134. The molecular weight excluding hydrogens is 258 g/mol. The molecule has 0 aliphatic heterocycles. The van der Waals surface area contributed by atoms with Gasteiger partial charge in [0.15, 0.2) is 0 Å². The summed E-state index contributed by atoms with van der Waals surface area (Å²) in [5.74, 6) is 0.620. The zero-order chi connectivity index (χ0) is 14.7. The number of rotatable bonds is 4. The topological polar surface area (TPSA) is 23.5 Å². The van der Waals surface area contributed by atoms with E-state index in [9.17, 15) is 5.11 Å². The summed E-state index contributed by atoms with van der Waals surface area (Å²) in [7, 11) is 0. The van der Waals surface area contributed by atoms with Crippen molar-refractivity contribution in [3.05, 3.63) is 35.9 Å². The second kappa shape index (κ2) is 6.93. The second-order valence-corrected chi connectivity index (χ2v) is 6.82. The Morgan fingerprint density at radius 2 is 1.76 bits per heavy atom. The molecule has 3 unspecified atom stereocenters. The van der Waals surface area contributed by atoms with Crippen molar-refractivity contribution in [3.63, 3.8) is 0 Å². The van der Waals surface area contributed by atoms with Crippen LogP contribution in [0, 0.1) is 0 Å². The van der Waals surface area contributed by atoms with Gasteiger partial charge in [-0.2, -0.15) is 0 Å². The maximum Gasteiger partial charge on any atom is 0.0695 e. The van der Waals surface area contributed by atoms with E-state index in [1.54, 1.807) is 0 Å². The van der Waals surface area contributed by atoms with Gasteiger partial charge in [0.25, 0.3) is 0 Å². The molecule has 3 atom stereocenters. The molecule has 2 fully saturated rings. The zero-order valence-corrected chi connectivity index (χ0v) is 13.2. The van der Waals surface area contributed by atoms with Crippen LogP contribution in [0.15, 0.2) is 30.3 Å². The number of nitrogens with zero attached hydrogens (tertiary/aromatic N) is 1. The van der Waals surface area contributed by atoms with Crippen LogP contribution in [0.25, 0.3) is 0 Å². The molecule has 1 aromatic carbocycles. The molecule has 2 aliphatic carbocycles. The third kappa shape index (κ3) is 3.32. The standard InChI is InChI=1S/C19H29NO/c1-2-20(17-10-6-7-11-17)18-14-16(12-13-19(18)21)15-8-4-3-5-9-15/h3-5,8-9,16-19,21H,2,6-7,10-14H2,1H3. The molecular formula is C19H29NO. The summed E-state index contributed by atoms with van der Waals surface area (Å²) in [6.45, 7) is 3.34. The normalized spacial score (nSPS) is 30.9. The smallest absolute Gasteiger partial charge is 0.0695 e. The van der Waals surface area contributed by atoms with Gasteiger partial charge in [0.05, 0.1) is 6.10 Å². The van der Waals surface area contributed by atoms with E-state index in [2.05, 4.69) is 42.2 Å². The van der Waals surface area contributed by atoms with Crippen molar-refractivity contribution in [1.82, 2.24) is 4.90 Å². The first-order valence-electron chi connectivity index (χ1n) is 8.78. The molecule has 2 saturated carbocycles. The van der Waals surface area contributed by atoms with Crippen molar-refractivity contribution in [3.8, 4) is 0 Å². The lowest BCUT2D eigenvalue weighted by atomic mass is 9.79. The molecule has 3 rings (SSSR count). The number of aliphatic hydroxyl groups excluding tert-OH is 1. The maximum absolute atomic E-state index is 10.6. The molecule has 0 bridgehead atoms. The van der Waals surface area contributed by atoms with Gasteiger partial charge in [0.1, 0.15) is 0 Å². The predicted octanol–water partition coefficient (Wildman–Crippen LogP) is 3.95. The summed E-state index contributed by atoms with van der Waals surface area (Å²) in [5, 5.41) is 10.6. The zero-order valence-electron chi connectivity index (χ0n) is 13.2. The first-order valence-corrected chi connectivity index (χ1v) is 8.78. The average molecular weight is 287 g/mol. The van der Waals surface area contributed by atoms with Gasteiger partial charge in [-0.05, 0) is 50.1 Å². The minimum Gasteiger partial charge on any atom is -0.391 e. The number of benzene rings is 1. The highest BCUT2D eigenvalue weighted by molar-refractivity contribution is 5.20. The van der Waals surface area contributed by atoms with Gasteiger partial charge in [-0.25, -0.2) is 0 Å². The van der Waals surface area contributed by atoms with Crippen LogP contribution in [0.1, 0.15) is 63.4 Å². The molecule has 1 aromatic rings. The summed E-state index contributed by atoms with van der Waals surface area (Å²) in [5.41, 5.74) is 1.46. The Labute approximate surface area is 129 Å². The van der Waals surface area contributed by atoms with Gasteiger partial charge in [0.2, 0.25) is 0 Å². The molecule has 116 valence electrons. The Morgan fingerprint density at radius 3 is 2.43 bits per heavy atom. The predicted molar refractivity (Wildman–Crippen MR) is 87.5 cm³/mol. The summed E-state index contributed by atoms with van der Waals surface area (Å²) in [6.07, 6.45) is 8.45. The number of aliphatic hydroxyl groups is 1. The molecule has 2 heteroatoms. The van der Waals surface area contributed by atoms with Crippen LogP contribution in [0.2, 0.25) is 0 Å². The molecule has 0 spiro atoms. The fraction of sp³-hybridized carbons (Fsp3) is 0.684. The maximum atomic E-state index is 10.6. The molecule has 0 saturated heterocycles. The Balaban J connectivity index is 1.73. The van der Waals surface area contributed by atoms with Crippen molar-refractivity contribution in [2.75, 3.05) is 6.54 Å². The van der Waals surface area contributed by atoms with E-state index in [0.29, 0.717) is 18.0 Å². The molecule has 2 nitrogen and oxygen atoms in total. The number of likely N-dealkylation sites (N-methyl/N-ethyl adjacent to an activating group) is 1. The van der Waals surface area contributed by atoms with Crippen molar-refractivity contribution in [2.24, 2.45) is 0 Å². The van der Waals surface area contributed by atoms with Crippen LogP contribution >= 0.6 is 0 Å². The summed E-state index contributed by atoms with van der Waals surface area (Å²) in [4.78, 5) is 2.62. The lowest BCUT2D eigenvalue weighted by Gasteiger charge is -2.43. The van der Waals surface area contributed by atoms with Crippen molar-refractivity contribution in [2.45, 2.75) is 76.0 Å². The van der Waals surface area contributed by atoms with Crippen LogP contribution in [0.4, 0.5) is 0 Å². The number of hydrogen-bond donors (Lipinski definition) is 1. The third-order valence-electron chi connectivity index (χ3n) is 5.64. The Hall–Kier alpha value is -0.860. The van der Waals surface area contributed by atoms with Gasteiger partial charge < -0.3 is 5.11 Å². The van der Waals surface area contributed by atoms with Crippen molar-refractivity contribution < 1.29 is 5.11 Å². The summed E-state index contributed by atoms with van der Waals surface area (Å²) >= 11 is 0. The van der Waals surface area contributed by atoms with E-state index in [1.165, 1.54) is 31.2 Å². The van der Waals surface area contributed by atoms with E-state index in [-0.39, 0.29) is 6.10 Å². The first-order chi connectivity index (χ1) is 10.3. The molecule has 0 heterocycles. The number of hydrogen-bond acceptors (Lipinski definition) is 2. The average Bonchev–Trinajstić information content (AvgIpc) is 3.05. The monoisotopic (exact) mass is 287 g/mol. The van der Waals surface area contributed by atoms with Crippen LogP contribution in [0.3, 0.4) is 0 Å². The molecule has 2 aliphatic rings. The van der Waals surface area contributed by atoms with Crippen LogP contribution in [0.5, 0.6) is 0 Å². The summed E-state index contributed by atoms with van der Waals surface area (Å²) in [6, 6.07) is 12.0. The van der Waals surface area contributed by atoms with Crippen LogP contribution in [-0.4, -0.2) is 34.7 Å². The quantitative estimate of drug-likeness (QED) is 0.906. The summed E-state index contributed by atoms with van der Waals surface area (Å²) < 4.78 is 0. The minimum absolute atomic E-state index is 0.134. The Bertz CT molecular complexity index is 426. The second-order valence-electron chi connectivity index (χ2n) is 6.82.